The average Bonchev–Trinajstić information content (AvgIpc) is 2.39. The van der Waals surface area contributed by atoms with E-state index in [1.165, 1.54) is 5.56 Å². The molecule has 0 aromatic heterocycles. The van der Waals surface area contributed by atoms with Gasteiger partial charge in [-0.1, -0.05) is 50.6 Å². The van der Waals surface area contributed by atoms with Crippen molar-refractivity contribution >= 4 is 11.6 Å². The molecule has 102 valence electrons. The molecular formula is C15H25ClN2. The first-order valence-electron chi connectivity index (χ1n) is 6.70. The Morgan fingerprint density at radius 3 is 2.33 bits per heavy atom. The van der Waals surface area contributed by atoms with Gasteiger partial charge in [0.05, 0.1) is 0 Å². The number of hydrogen-bond acceptors (Lipinski definition) is 2. The van der Waals surface area contributed by atoms with Crippen molar-refractivity contribution in [3.8, 4) is 0 Å². The molecule has 0 bridgehead atoms. The average molecular weight is 269 g/mol. The van der Waals surface area contributed by atoms with E-state index in [1.807, 2.05) is 18.2 Å². The predicted octanol–water partition coefficient (Wildman–Crippen LogP) is 3.19. The van der Waals surface area contributed by atoms with Gasteiger partial charge in [0.2, 0.25) is 0 Å². The van der Waals surface area contributed by atoms with Crippen LogP contribution in [-0.4, -0.2) is 31.1 Å². The van der Waals surface area contributed by atoms with Crippen molar-refractivity contribution in [1.29, 1.82) is 0 Å². The van der Waals surface area contributed by atoms with Crippen LogP contribution in [0.1, 0.15) is 26.3 Å². The van der Waals surface area contributed by atoms with Crippen molar-refractivity contribution in [3.05, 3.63) is 34.9 Å². The highest BCUT2D eigenvalue weighted by Gasteiger charge is 2.26. The molecule has 0 amide bonds. The van der Waals surface area contributed by atoms with Crippen LogP contribution >= 0.6 is 11.6 Å². The maximum atomic E-state index is 6.24. The monoisotopic (exact) mass is 268 g/mol. The first-order chi connectivity index (χ1) is 8.54. The zero-order valence-corrected chi connectivity index (χ0v) is 12.5. The van der Waals surface area contributed by atoms with Gasteiger partial charge in [-0.25, -0.2) is 0 Å². The lowest BCUT2D eigenvalue weighted by molar-refractivity contribution is 0.181. The van der Waals surface area contributed by atoms with E-state index in [9.17, 15) is 0 Å². The summed E-state index contributed by atoms with van der Waals surface area (Å²) in [6.07, 6.45) is 0.930. The van der Waals surface area contributed by atoms with Gasteiger partial charge in [0.25, 0.3) is 0 Å². The third kappa shape index (κ3) is 4.27. The smallest absolute Gasteiger partial charge is 0.0438 e. The van der Waals surface area contributed by atoms with Crippen molar-refractivity contribution in [3.63, 3.8) is 0 Å². The van der Waals surface area contributed by atoms with Crippen LogP contribution < -0.4 is 5.73 Å². The summed E-state index contributed by atoms with van der Waals surface area (Å²) in [7, 11) is 0. The molecular weight excluding hydrogens is 244 g/mol. The van der Waals surface area contributed by atoms with Crippen LogP contribution in [0.15, 0.2) is 24.3 Å². The van der Waals surface area contributed by atoms with Crippen molar-refractivity contribution in [1.82, 2.24) is 4.90 Å². The fourth-order valence-corrected chi connectivity index (χ4v) is 2.48. The molecule has 3 heteroatoms. The highest BCUT2D eigenvalue weighted by Crippen LogP contribution is 2.27. The molecule has 0 heterocycles. The van der Waals surface area contributed by atoms with Gasteiger partial charge in [0.15, 0.2) is 0 Å². The van der Waals surface area contributed by atoms with Crippen molar-refractivity contribution < 1.29 is 0 Å². The second-order valence-electron chi connectivity index (χ2n) is 5.24. The van der Waals surface area contributed by atoms with E-state index in [0.717, 1.165) is 31.1 Å². The molecule has 1 aromatic carbocycles. The number of nitrogens with zero attached hydrogens (tertiary/aromatic N) is 1. The van der Waals surface area contributed by atoms with Crippen molar-refractivity contribution in [2.75, 3.05) is 26.2 Å². The van der Waals surface area contributed by atoms with E-state index in [2.05, 4.69) is 31.7 Å². The molecule has 0 spiro atoms. The van der Waals surface area contributed by atoms with Gasteiger partial charge in [0.1, 0.15) is 0 Å². The molecule has 1 aromatic rings. The third-order valence-electron chi connectivity index (χ3n) is 3.57. The van der Waals surface area contributed by atoms with E-state index >= 15 is 0 Å². The number of hydrogen-bond donors (Lipinski definition) is 1. The summed E-state index contributed by atoms with van der Waals surface area (Å²) in [5, 5.41) is 0.844. The maximum Gasteiger partial charge on any atom is 0.0438 e. The lowest BCUT2D eigenvalue weighted by atomic mass is 9.83. The Bertz CT molecular complexity index is 363. The highest BCUT2D eigenvalue weighted by atomic mass is 35.5. The molecule has 2 N–H and O–H groups in total. The molecule has 1 atom stereocenters. The van der Waals surface area contributed by atoms with Crippen LogP contribution in [0.4, 0.5) is 0 Å². The molecule has 0 saturated heterocycles. The number of benzene rings is 1. The Labute approximate surface area is 116 Å². The van der Waals surface area contributed by atoms with E-state index in [4.69, 9.17) is 17.3 Å². The first-order valence-corrected chi connectivity index (χ1v) is 7.08. The van der Waals surface area contributed by atoms with Gasteiger partial charge < -0.3 is 10.6 Å². The zero-order valence-electron chi connectivity index (χ0n) is 11.7. The normalized spacial score (nSPS) is 14.8. The van der Waals surface area contributed by atoms with Gasteiger partial charge in [-0.05, 0) is 43.1 Å². The van der Waals surface area contributed by atoms with Crippen molar-refractivity contribution in [2.45, 2.75) is 27.2 Å². The second-order valence-corrected chi connectivity index (χ2v) is 5.65. The van der Waals surface area contributed by atoms with Gasteiger partial charge >= 0.3 is 0 Å². The van der Waals surface area contributed by atoms with Gasteiger partial charge in [-0.15, -0.1) is 0 Å². The molecule has 0 aliphatic heterocycles. The molecule has 1 unspecified atom stereocenters. The van der Waals surface area contributed by atoms with E-state index < -0.39 is 0 Å². The molecule has 0 aliphatic rings. The summed E-state index contributed by atoms with van der Waals surface area (Å²) >= 11 is 6.24. The first kappa shape index (κ1) is 15.5. The quantitative estimate of drug-likeness (QED) is 0.823. The van der Waals surface area contributed by atoms with Gasteiger partial charge in [0, 0.05) is 11.6 Å². The summed E-state index contributed by atoms with van der Waals surface area (Å²) < 4.78 is 0. The molecule has 18 heavy (non-hydrogen) atoms. The van der Waals surface area contributed by atoms with Crippen molar-refractivity contribution in [2.24, 2.45) is 11.1 Å². The van der Waals surface area contributed by atoms with E-state index in [0.29, 0.717) is 6.54 Å². The summed E-state index contributed by atoms with van der Waals surface area (Å²) in [5.74, 6) is 0. The molecule has 0 radical (unpaired) electrons. The minimum absolute atomic E-state index is 0.0804. The Balaban J connectivity index is 2.79. The fourth-order valence-electron chi connectivity index (χ4n) is 2.28. The Morgan fingerprint density at radius 2 is 1.83 bits per heavy atom. The maximum absolute atomic E-state index is 6.24. The highest BCUT2D eigenvalue weighted by molar-refractivity contribution is 6.31. The van der Waals surface area contributed by atoms with Crippen LogP contribution in [0.2, 0.25) is 5.02 Å². The lowest BCUT2D eigenvalue weighted by Gasteiger charge is -2.34. The summed E-state index contributed by atoms with van der Waals surface area (Å²) in [6.45, 7) is 10.4. The second kappa shape index (κ2) is 7.13. The Kier molecular flexibility index (Phi) is 6.13. The SMILES string of the molecule is CCN(CC)CC(C)(CN)Cc1ccccc1Cl. The third-order valence-corrected chi connectivity index (χ3v) is 3.94. The molecule has 0 saturated carbocycles. The van der Waals surface area contributed by atoms with Crippen LogP contribution in [0.5, 0.6) is 0 Å². The largest absolute Gasteiger partial charge is 0.330 e. The summed E-state index contributed by atoms with van der Waals surface area (Å²) in [4.78, 5) is 2.42. The Hall–Kier alpha value is -0.570. The topological polar surface area (TPSA) is 29.3 Å². The van der Waals surface area contributed by atoms with Crippen LogP contribution in [-0.2, 0) is 6.42 Å². The number of rotatable bonds is 7. The van der Waals surface area contributed by atoms with E-state index in [1.54, 1.807) is 0 Å². The standard InChI is InChI=1S/C15H25ClN2/c1-4-18(5-2)12-15(3,11-17)10-13-8-6-7-9-14(13)16/h6-9H,4-5,10-12,17H2,1-3H3. The molecule has 0 fully saturated rings. The molecule has 0 aliphatic carbocycles. The van der Waals surface area contributed by atoms with Crippen LogP contribution in [0.3, 0.4) is 0 Å². The number of nitrogens with two attached hydrogens (primary N) is 1. The molecule has 1 rings (SSSR count). The van der Waals surface area contributed by atoms with Crippen LogP contribution in [0.25, 0.3) is 0 Å². The zero-order chi connectivity index (χ0) is 13.6. The fraction of sp³-hybridized carbons (Fsp3) is 0.600. The molecule has 2 nitrogen and oxygen atoms in total. The Morgan fingerprint density at radius 1 is 1.22 bits per heavy atom. The number of halogens is 1. The van der Waals surface area contributed by atoms with E-state index in [-0.39, 0.29) is 5.41 Å². The predicted molar refractivity (Wildman–Crippen MR) is 80.1 cm³/mol. The minimum Gasteiger partial charge on any atom is -0.330 e. The van der Waals surface area contributed by atoms with Gasteiger partial charge in [-0.3, -0.25) is 0 Å². The minimum atomic E-state index is 0.0804. The summed E-state index contributed by atoms with van der Waals surface area (Å²) in [6, 6.07) is 8.05. The van der Waals surface area contributed by atoms with Crippen LogP contribution in [0, 0.1) is 5.41 Å². The van der Waals surface area contributed by atoms with Gasteiger partial charge in [-0.2, -0.15) is 0 Å². The lowest BCUT2D eigenvalue weighted by Crippen LogP contribution is -2.42. The summed E-state index contributed by atoms with van der Waals surface area (Å²) in [5.41, 5.74) is 7.27.